The molecule has 0 bridgehead atoms. The summed E-state index contributed by atoms with van der Waals surface area (Å²) in [5.74, 6) is 0. The van der Waals surface area contributed by atoms with E-state index in [0.717, 1.165) is 83.2 Å². The standard InChI is InChI=1S/C62H38N2O.C47H27NOS/c1-2-16-42(17-3-1)64-56-27-13-11-25-53(56)62(54-26-12-14-28-57(54)64)51-24-10-8-18-43(51)49-36-39(30-33-52(49)62)55-34-31-41(38-63-55)61-47-22-6-4-20-45(47)60(46-21-5-7-23-48(46)61)40-32-35-59-50(37-40)44-19-9-15-29-58(44)65-59;1-2-11-29-26-43-40(24-28(29)10-1)39-25-30(21-23-42(39)49-43)41-22-20-31(27-48-41)45-33-13-3-5-15-35(33)46(36-16-6-4-14-34(36)45)38-18-9-17-37-32-12-7-8-19-44(32)50-47(37)38/h1-38H;1-27H. The highest BCUT2D eigenvalue weighted by molar-refractivity contribution is 7.26. The zero-order valence-electron chi connectivity index (χ0n) is 62.1. The zero-order valence-corrected chi connectivity index (χ0v) is 62.9. The molecule has 0 N–H and O–H groups in total. The van der Waals surface area contributed by atoms with Crippen LogP contribution in [0.4, 0.5) is 17.1 Å². The lowest BCUT2D eigenvalue weighted by atomic mass is 9.64. The molecule has 0 saturated carbocycles. The minimum Gasteiger partial charge on any atom is -0.456 e. The summed E-state index contributed by atoms with van der Waals surface area (Å²) in [5, 5.41) is 19.3. The molecule has 0 unspecified atom stereocenters. The van der Waals surface area contributed by atoms with Crippen LogP contribution in [0.15, 0.2) is 403 Å². The number of benzene rings is 18. The lowest BCUT2D eigenvalue weighted by Crippen LogP contribution is -2.36. The summed E-state index contributed by atoms with van der Waals surface area (Å²) < 4.78 is 15.2. The highest BCUT2D eigenvalue weighted by Crippen LogP contribution is 2.64. The normalized spacial score (nSPS) is 12.7. The zero-order chi connectivity index (χ0) is 75.4. The SMILES string of the molecule is c1ccc(N2c3ccccc3C3(c4ccccc4-c4cc(-c5ccc(-c6c7ccccc7c(-c7ccc8oc9ccccc9c8c7)c7ccccc67)cn5)ccc43)c3ccccc32)cc1.c1ccc2cc3c(cc2c1)oc1ccc(-c2ccc(-c4c5ccccc5c(-c5cccc6c5sc5ccccc56)c5ccccc45)cn2)cc13. The number of furan rings is 2. The smallest absolute Gasteiger partial charge is 0.136 e. The second-order valence-electron chi connectivity index (χ2n) is 30.4. The van der Waals surface area contributed by atoms with Gasteiger partial charge < -0.3 is 13.7 Å². The molecule has 0 saturated heterocycles. The highest BCUT2D eigenvalue weighted by atomic mass is 32.1. The van der Waals surface area contributed by atoms with Crippen LogP contribution in [0.2, 0.25) is 0 Å². The number of aromatic nitrogens is 2. The maximum absolute atomic E-state index is 6.27. The van der Waals surface area contributed by atoms with Gasteiger partial charge in [-0.3, -0.25) is 9.97 Å². The van der Waals surface area contributed by atoms with Gasteiger partial charge in [0.2, 0.25) is 0 Å². The molecule has 1 spiro atoms. The number of rotatable bonds is 7. The Morgan fingerprint density at radius 2 is 0.661 bits per heavy atom. The minimum atomic E-state index is -0.494. The Balaban J connectivity index is 0.000000137. The predicted molar refractivity (Wildman–Crippen MR) is 482 cm³/mol. The molecule has 2 aliphatic rings. The minimum absolute atomic E-state index is 0.494. The first-order valence-electron chi connectivity index (χ1n) is 39.3. The second kappa shape index (κ2) is 25.6. The van der Waals surface area contributed by atoms with E-state index in [0.29, 0.717) is 0 Å². The first-order chi connectivity index (χ1) is 57.0. The number of anilines is 3. The van der Waals surface area contributed by atoms with E-state index in [2.05, 4.69) is 381 Å². The third-order valence-electron chi connectivity index (χ3n) is 24.4. The van der Waals surface area contributed by atoms with Crippen LogP contribution in [0.25, 0.3) is 196 Å². The van der Waals surface area contributed by atoms with Gasteiger partial charge in [0, 0.05) is 87.6 Å². The summed E-state index contributed by atoms with van der Waals surface area (Å²) in [7, 11) is 0. The summed E-state index contributed by atoms with van der Waals surface area (Å²) in [6.07, 6.45) is 4.11. The van der Waals surface area contributed by atoms with Crippen molar-refractivity contribution in [2.45, 2.75) is 5.41 Å². The monoisotopic (exact) mass is 1480 g/mol. The van der Waals surface area contributed by atoms with Crippen LogP contribution < -0.4 is 4.90 Å². The Kier molecular flexibility index (Phi) is 14.5. The Morgan fingerprint density at radius 1 is 0.243 bits per heavy atom. The van der Waals surface area contributed by atoms with Crippen molar-refractivity contribution in [2.24, 2.45) is 0 Å². The Hall–Kier alpha value is -14.8. The average molecular weight is 1480 g/mol. The molecule has 5 aromatic heterocycles. The van der Waals surface area contributed by atoms with Crippen LogP contribution in [0.3, 0.4) is 0 Å². The van der Waals surface area contributed by atoms with Gasteiger partial charge in [-0.1, -0.05) is 285 Å². The first kappa shape index (κ1) is 64.9. The molecule has 18 aromatic carbocycles. The van der Waals surface area contributed by atoms with Gasteiger partial charge in [0.25, 0.3) is 0 Å². The van der Waals surface area contributed by atoms with Gasteiger partial charge in [-0.05, 0) is 212 Å². The van der Waals surface area contributed by atoms with Gasteiger partial charge in [0.1, 0.15) is 22.3 Å². The van der Waals surface area contributed by atoms with Gasteiger partial charge in [0.15, 0.2) is 0 Å². The molecule has 1 aliphatic heterocycles. The number of hydrogen-bond donors (Lipinski definition) is 0. The molecular formula is C109H65N3O2S. The number of hydrogen-bond acceptors (Lipinski definition) is 6. The lowest BCUT2D eigenvalue weighted by Gasteiger charge is -2.45. The molecule has 115 heavy (non-hydrogen) atoms. The molecule has 6 heterocycles. The summed E-state index contributed by atoms with van der Waals surface area (Å²) in [4.78, 5) is 12.8. The maximum atomic E-state index is 6.27. The van der Waals surface area contributed by atoms with Crippen molar-refractivity contribution < 1.29 is 8.83 Å². The number of nitrogens with zero attached hydrogens (tertiary/aromatic N) is 3. The van der Waals surface area contributed by atoms with E-state index in [1.807, 2.05) is 29.7 Å². The topological polar surface area (TPSA) is 55.3 Å². The van der Waals surface area contributed by atoms with E-state index in [4.69, 9.17) is 18.8 Å². The fraction of sp³-hybridized carbons (Fsp3) is 0.00917. The molecule has 0 fully saturated rings. The van der Waals surface area contributed by atoms with Crippen LogP contribution in [0, 0.1) is 0 Å². The molecule has 0 radical (unpaired) electrons. The summed E-state index contributed by atoms with van der Waals surface area (Å²) >= 11 is 1.89. The Labute approximate surface area is 665 Å². The summed E-state index contributed by atoms with van der Waals surface area (Å²) in [6, 6.07) is 139. The van der Waals surface area contributed by atoms with Gasteiger partial charge in [-0.2, -0.15) is 0 Å². The Morgan fingerprint density at radius 3 is 1.28 bits per heavy atom. The van der Waals surface area contributed by atoms with E-state index < -0.39 is 5.41 Å². The van der Waals surface area contributed by atoms with Crippen LogP contribution in [0.5, 0.6) is 0 Å². The van der Waals surface area contributed by atoms with E-state index >= 15 is 0 Å². The van der Waals surface area contributed by atoms with Crippen LogP contribution in [0.1, 0.15) is 22.3 Å². The fourth-order valence-corrected chi connectivity index (χ4v) is 20.7. The quantitative estimate of drug-likeness (QED) is 0.149. The third-order valence-corrected chi connectivity index (χ3v) is 25.6. The third kappa shape index (κ3) is 9.86. The van der Waals surface area contributed by atoms with Crippen LogP contribution >= 0.6 is 11.3 Å². The first-order valence-corrected chi connectivity index (χ1v) is 40.1. The molecule has 1 aliphatic carbocycles. The average Bonchev–Trinajstić information content (AvgIpc) is 1.53. The van der Waals surface area contributed by atoms with Crippen molar-refractivity contribution in [3.05, 3.63) is 417 Å². The predicted octanol–water partition coefficient (Wildman–Crippen LogP) is 30.2. The highest BCUT2D eigenvalue weighted by Gasteiger charge is 2.51. The van der Waals surface area contributed by atoms with E-state index in [1.54, 1.807) is 0 Å². The largest absolute Gasteiger partial charge is 0.456 e. The van der Waals surface area contributed by atoms with Crippen LogP contribution in [-0.2, 0) is 5.41 Å². The van der Waals surface area contributed by atoms with Crippen molar-refractivity contribution >= 4 is 146 Å². The molecule has 25 rings (SSSR count). The van der Waals surface area contributed by atoms with Crippen molar-refractivity contribution in [2.75, 3.05) is 4.90 Å². The number of para-hydroxylation sites is 4. The second-order valence-corrected chi connectivity index (χ2v) is 31.5. The van der Waals surface area contributed by atoms with Crippen molar-refractivity contribution in [3.8, 4) is 78.1 Å². The molecule has 6 heteroatoms. The van der Waals surface area contributed by atoms with Gasteiger partial charge in [-0.15, -0.1) is 11.3 Å². The van der Waals surface area contributed by atoms with Gasteiger partial charge >= 0.3 is 0 Å². The van der Waals surface area contributed by atoms with Crippen molar-refractivity contribution in [3.63, 3.8) is 0 Å². The molecular weight excluding hydrogens is 1420 g/mol. The lowest BCUT2D eigenvalue weighted by molar-refractivity contribution is 0.669. The summed E-state index contributed by atoms with van der Waals surface area (Å²) in [5.41, 5.74) is 27.9. The molecule has 0 atom stereocenters. The summed E-state index contributed by atoms with van der Waals surface area (Å²) in [6.45, 7) is 0. The molecule has 5 nitrogen and oxygen atoms in total. The van der Waals surface area contributed by atoms with E-state index in [-0.39, 0.29) is 0 Å². The van der Waals surface area contributed by atoms with E-state index in [9.17, 15) is 0 Å². The maximum Gasteiger partial charge on any atom is 0.136 e. The molecule has 23 aromatic rings. The van der Waals surface area contributed by atoms with E-state index in [1.165, 1.54) is 152 Å². The number of thiophene rings is 1. The van der Waals surface area contributed by atoms with Gasteiger partial charge in [0.05, 0.1) is 28.2 Å². The fourth-order valence-electron chi connectivity index (χ4n) is 19.5. The molecule has 0 amide bonds. The van der Waals surface area contributed by atoms with Crippen LogP contribution in [-0.4, -0.2) is 9.97 Å². The Bertz CT molecular complexity index is 7830. The van der Waals surface area contributed by atoms with Crippen molar-refractivity contribution in [1.29, 1.82) is 0 Å². The van der Waals surface area contributed by atoms with Gasteiger partial charge in [-0.25, -0.2) is 0 Å². The van der Waals surface area contributed by atoms with Crippen molar-refractivity contribution in [1.82, 2.24) is 9.97 Å². The number of pyridine rings is 2. The molecule has 534 valence electrons. The number of fused-ring (bicyclic) bond motifs is 23.